The van der Waals surface area contributed by atoms with Crippen LogP contribution in [-0.2, 0) is 0 Å². The minimum atomic E-state index is 0.613. The van der Waals surface area contributed by atoms with E-state index >= 15 is 0 Å². The van der Waals surface area contributed by atoms with Crippen molar-refractivity contribution in [3.8, 4) is 0 Å². The number of benzene rings is 1. The highest BCUT2D eigenvalue weighted by Crippen LogP contribution is 2.15. The van der Waals surface area contributed by atoms with Crippen LogP contribution in [0.3, 0.4) is 0 Å². The summed E-state index contributed by atoms with van der Waals surface area (Å²) in [6, 6.07) is 8.78. The Morgan fingerprint density at radius 3 is 2.31 bits per heavy atom. The van der Waals surface area contributed by atoms with Crippen LogP contribution in [0.5, 0.6) is 0 Å². The first-order valence-electron chi connectivity index (χ1n) is 6.17. The van der Waals surface area contributed by atoms with Crippen LogP contribution in [-0.4, -0.2) is 0 Å². The standard InChI is InChI=1S/C16H22/c1-4-5-6-7-8-9-15-10-12-16(13-11-15)14(2)3/h6-14H,4-5H2,1-3H3/b7-6-,9-8+. The zero-order valence-corrected chi connectivity index (χ0v) is 10.6. The maximum absolute atomic E-state index is 2.22. The van der Waals surface area contributed by atoms with E-state index in [1.54, 1.807) is 0 Å². The molecule has 0 saturated carbocycles. The third-order valence-corrected chi connectivity index (χ3v) is 2.59. The average molecular weight is 214 g/mol. The molecular formula is C16H22. The normalized spacial score (nSPS) is 12.0. The molecule has 86 valence electrons. The van der Waals surface area contributed by atoms with E-state index < -0.39 is 0 Å². The third kappa shape index (κ3) is 4.48. The van der Waals surface area contributed by atoms with Crippen LogP contribution in [0.1, 0.15) is 50.7 Å². The molecular weight excluding hydrogens is 192 g/mol. The Hall–Kier alpha value is -1.30. The van der Waals surface area contributed by atoms with Gasteiger partial charge in [-0.3, -0.25) is 0 Å². The van der Waals surface area contributed by atoms with Crippen molar-refractivity contribution in [1.29, 1.82) is 0 Å². The minimum absolute atomic E-state index is 0.613. The maximum atomic E-state index is 2.22. The molecule has 0 aliphatic rings. The molecule has 0 bridgehead atoms. The van der Waals surface area contributed by atoms with E-state index in [-0.39, 0.29) is 0 Å². The highest BCUT2D eigenvalue weighted by atomic mass is 14.0. The molecule has 0 unspecified atom stereocenters. The van der Waals surface area contributed by atoms with Gasteiger partial charge in [0.05, 0.1) is 0 Å². The van der Waals surface area contributed by atoms with Gasteiger partial charge in [0, 0.05) is 0 Å². The second-order valence-corrected chi connectivity index (χ2v) is 4.40. The molecule has 0 heteroatoms. The Labute approximate surface area is 99.7 Å². The molecule has 0 spiro atoms. The van der Waals surface area contributed by atoms with Gasteiger partial charge in [0.2, 0.25) is 0 Å². The molecule has 1 rings (SSSR count). The Bertz CT molecular complexity index is 339. The van der Waals surface area contributed by atoms with Crippen LogP contribution in [0.4, 0.5) is 0 Å². The van der Waals surface area contributed by atoms with E-state index in [0.717, 1.165) is 6.42 Å². The Kier molecular flexibility index (Phi) is 5.63. The fraction of sp³-hybridized carbons (Fsp3) is 0.375. The van der Waals surface area contributed by atoms with Crippen LogP contribution in [0, 0.1) is 0 Å². The molecule has 0 atom stereocenters. The van der Waals surface area contributed by atoms with Gasteiger partial charge in [-0.05, 0) is 23.5 Å². The molecule has 0 fully saturated rings. The van der Waals surface area contributed by atoms with Gasteiger partial charge in [-0.2, -0.15) is 0 Å². The van der Waals surface area contributed by atoms with Crippen molar-refractivity contribution in [3.63, 3.8) is 0 Å². The van der Waals surface area contributed by atoms with E-state index in [1.165, 1.54) is 17.5 Å². The first-order valence-corrected chi connectivity index (χ1v) is 6.17. The lowest BCUT2D eigenvalue weighted by Gasteiger charge is -2.04. The summed E-state index contributed by atoms with van der Waals surface area (Å²) in [5.74, 6) is 0.613. The number of allylic oxidation sites excluding steroid dienone is 3. The summed E-state index contributed by atoms with van der Waals surface area (Å²) in [5, 5.41) is 0. The molecule has 0 heterocycles. The van der Waals surface area contributed by atoms with E-state index in [9.17, 15) is 0 Å². The maximum Gasteiger partial charge on any atom is -0.0219 e. The summed E-state index contributed by atoms with van der Waals surface area (Å²) in [5.41, 5.74) is 2.67. The zero-order chi connectivity index (χ0) is 11.8. The first-order chi connectivity index (χ1) is 7.74. The lowest BCUT2D eigenvalue weighted by atomic mass is 10.0. The zero-order valence-electron chi connectivity index (χ0n) is 10.6. The van der Waals surface area contributed by atoms with Crippen molar-refractivity contribution in [3.05, 3.63) is 53.6 Å². The monoisotopic (exact) mass is 214 g/mol. The summed E-state index contributed by atoms with van der Waals surface area (Å²) in [7, 11) is 0. The largest absolute Gasteiger partial charge is 0.0845 e. The van der Waals surface area contributed by atoms with E-state index in [2.05, 4.69) is 69.3 Å². The molecule has 0 saturated heterocycles. The SMILES string of the molecule is CCC/C=C\C=C\c1ccc(C(C)C)cc1. The number of hydrogen-bond donors (Lipinski definition) is 0. The lowest BCUT2D eigenvalue weighted by molar-refractivity contribution is 0.866. The molecule has 16 heavy (non-hydrogen) atoms. The third-order valence-electron chi connectivity index (χ3n) is 2.59. The van der Waals surface area contributed by atoms with Crippen molar-refractivity contribution in [2.45, 2.75) is 39.5 Å². The van der Waals surface area contributed by atoms with Gasteiger partial charge in [0.25, 0.3) is 0 Å². The van der Waals surface area contributed by atoms with E-state index in [1.807, 2.05) is 0 Å². The Balaban J connectivity index is 2.55. The number of rotatable bonds is 5. The van der Waals surface area contributed by atoms with Crippen molar-refractivity contribution >= 4 is 6.08 Å². The van der Waals surface area contributed by atoms with Gasteiger partial charge in [-0.1, -0.05) is 75.8 Å². The van der Waals surface area contributed by atoms with Crippen molar-refractivity contribution < 1.29 is 0 Å². The van der Waals surface area contributed by atoms with E-state index in [4.69, 9.17) is 0 Å². The Morgan fingerprint density at radius 1 is 1.06 bits per heavy atom. The van der Waals surface area contributed by atoms with Crippen LogP contribution in [0.2, 0.25) is 0 Å². The van der Waals surface area contributed by atoms with Crippen LogP contribution < -0.4 is 0 Å². The molecule has 1 aromatic carbocycles. The lowest BCUT2D eigenvalue weighted by Crippen LogP contribution is -1.85. The molecule has 0 nitrogen and oxygen atoms in total. The summed E-state index contributed by atoms with van der Waals surface area (Å²) in [6.07, 6.45) is 11.0. The predicted octanol–water partition coefficient (Wildman–Crippen LogP) is 5.18. The van der Waals surface area contributed by atoms with Crippen molar-refractivity contribution in [2.24, 2.45) is 0 Å². The summed E-state index contributed by atoms with van der Waals surface area (Å²) < 4.78 is 0. The summed E-state index contributed by atoms with van der Waals surface area (Å²) in [6.45, 7) is 6.63. The molecule has 0 aliphatic heterocycles. The van der Waals surface area contributed by atoms with E-state index in [0.29, 0.717) is 5.92 Å². The average Bonchev–Trinajstić information content (AvgIpc) is 2.29. The predicted molar refractivity (Wildman–Crippen MR) is 73.6 cm³/mol. The molecule has 0 aliphatic carbocycles. The first kappa shape index (κ1) is 12.8. The molecule has 0 aromatic heterocycles. The topological polar surface area (TPSA) is 0 Å². The van der Waals surface area contributed by atoms with Gasteiger partial charge in [-0.25, -0.2) is 0 Å². The summed E-state index contributed by atoms with van der Waals surface area (Å²) in [4.78, 5) is 0. The van der Waals surface area contributed by atoms with Gasteiger partial charge in [0.15, 0.2) is 0 Å². The smallest absolute Gasteiger partial charge is 0.0219 e. The minimum Gasteiger partial charge on any atom is -0.0845 e. The van der Waals surface area contributed by atoms with Crippen molar-refractivity contribution in [1.82, 2.24) is 0 Å². The van der Waals surface area contributed by atoms with Crippen LogP contribution in [0.15, 0.2) is 42.5 Å². The quantitative estimate of drug-likeness (QED) is 0.592. The molecule has 0 amide bonds. The fourth-order valence-electron chi connectivity index (χ4n) is 1.50. The van der Waals surface area contributed by atoms with Gasteiger partial charge in [-0.15, -0.1) is 0 Å². The molecule has 0 N–H and O–H groups in total. The van der Waals surface area contributed by atoms with Crippen LogP contribution in [0.25, 0.3) is 6.08 Å². The number of hydrogen-bond acceptors (Lipinski definition) is 0. The Morgan fingerprint density at radius 2 is 1.75 bits per heavy atom. The second kappa shape index (κ2) is 7.05. The second-order valence-electron chi connectivity index (χ2n) is 4.40. The highest BCUT2D eigenvalue weighted by molar-refractivity contribution is 5.51. The van der Waals surface area contributed by atoms with Crippen LogP contribution >= 0.6 is 0 Å². The molecule has 0 radical (unpaired) electrons. The number of unbranched alkanes of at least 4 members (excludes halogenated alkanes) is 1. The van der Waals surface area contributed by atoms with Gasteiger partial charge < -0.3 is 0 Å². The highest BCUT2D eigenvalue weighted by Gasteiger charge is 1.96. The van der Waals surface area contributed by atoms with Crippen molar-refractivity contribution in [2.75, 3.05) is 0 Å². The summed E-state index contributed by atoms with van der Waals surface area (Å²) >= 11 is 0. The van der Waals surface area contributed by atoms with Gasteiger partial charge in [0.1, 0.15) is 0 Å². The van der Waals surface area contributed by atoms with Gasteiger partial charge >= 0.3 is 0 Å². The molecule has 1 aromatic rings. The fourth-order valence-corrected chi connectivity index (χ4v) is 1.50.